The zero-order valence-electron chi connectivity index (χ0n) is 40.0. The van der Waals surface area contributed by atoms with Crippen LogP contribution in [0.2, 0.25) is 36.3 Å². The molecule has 0 spiro atoms. The second-order valence-electron chi connectivity index (χ2n) is 20.7. The maximum absolute atomic E-state index is 14.0. The van der Waals surface area contributed by atoms with Gasteiger partial charge in [-0.05, 0) is 81.5 Å². The Kier molecular flexibility index (Phi) is 18.3. The number of alkyl carbamates (subject to hydrolysis) is 1. The molecule has 0 aliphatic carbocycles. The number of carbonyl (C=O) groups excluding carboxylic acids is 3. The van der Waals surface area contributed by atoms with Crippen molar-refractivity contribution in [2.75, 3.05) is 13.1 Å². The zero-order valence-corrected chi connectivity index (χ0v) is 42.0. The lowest BCUT2D eigenvalue weighted by Crippen LogP contribution is -2.59. The fourth-order valence-corrected chi connectivity index (χ4v) is 8.82. The van der Waals surface area contributed by atoms with E-state index in [0.29, 0.717) is 0 Å². The van der Waals surface area contributed by atoms with Gasteiger partial charge in [0, 0.05) is 18.8 Å². The van der Waals surface area contributed by atoms with Crippen LogP contribution in [-0.2, 0) is 39.3 Å². The van der Waals surface area contributed by atoms with Crippen LogP contribution in [0.4, 0.5) is 4.79 Å². The van der Waals surface area contributed by atoms with Crippen LogP contribution < -0.4 is 27.2 Å². The van der Waals surface area contributed by atoms with Gasteiger partial charge in [-0.25, -0.2) is 9.59 Å². The number of ether oxygens (including phenoxy) is 3. The smallest absolute Gasteiger partial charge is 0.408 e. The van der Waals surface area contributed by atoms with Crippen molar-refractivity contribution in [2.45, 2.75) is 180 Å². The molecule has 63 heavy (non-hydrogen) atoms. The lowest BCUT2D eigenvalue weighted by atomic mass is 9.99. The van der Waals surface area contributed by atoms with Crippen molar-refractivity contribution < 1.29 is 47.7 Å². The molecule has 0 radical (unpaired) electrons. The van der Waals surface area contributed by atoms with Crippen LogP contribution in [-0.4, -0.2) is 116 Å². The molecule has 8 atom stereocenters. The highest BCUT2D eigenvalue weighted by molar-refractivity contribution is 6.74. The van der Waals surface area contributed by atoms with Gasteiger partial charge in [0.15, 0.2) is 22.9 Å². The van der Waals surface area contributed by atoms with Gasteiger partial charge in [0.2, 0.25) is 5.91 Å². The minimum absolute atomic E-state index is 0.0270. The van der Waals surface area contributed by atoms with E-state index in [4.69, 9.17) is 23.1 Å². The molecule has 2 amide bonds. The van der Waals surface area contributed by atoms with Crippen LogP contribution in [0.3, 0.4) is 0 Å². The molecule has 356 valence electrons. The van der Waals surface area contributed by atoms with Gasteiger partial charge in [0.25, 0.3) is 5.56 Å². The van der Waals surface area contributed by atoms with Crippen LogP contribution in [0, 0.1) is 5.92 Å². The summed E-state index contributed by atoms with van der Waals surface area (Å²) in [6, 6.07) is 7.51. The summed E-state index contributed by atoms with van der Waals surface area (Å²) in [6.07, 6.45) is -6.57. The molecule has 17 nitrogen and oxygen atoms in total. The average Bonchev–Trinajstić information content (AvgIpc) is 3.48. The Morgan fingerprint density at radius 2 is 1.41 bits per heavy atom. The summed E-state index contributed by atoms with van der Waals surface area (Å²) in [5, 5.41) is 31.1. The highest BCUT2D eigenvalue weighted by Crippen LogP contribution is 2.46. The van der Waals surface area contributed by atoms with Crippen LogP contribution in [0.25, 0.3) is 0 Å². The van der Waals surface area contributed by atoms with E-state index >= 15 is 0 Å². The van der Waals surface area contributed by atoms with Gasteiger partial charge >= 0.3 is 17.8 Å². The fraction of sp³-hybridized carbons (Fsp3) is 0.705. The van der Waals surface area contributed by atoms with E-state index in [9.17, 15) is 34.2 Å². The zero-order chi connectivity index (χ0) is 47.9. The van der Waals surface area contributed by atoms with Crippen molar-refractivity contribution in [3.8, 4) is 0 Å². The molecule has 2 heterocycles. The number of aromatic amines is 1. The third kappa shape index (κ3) is 14.9. The Hall–Kier alpha value is -3.70. The summed E-state index contributed by atoms with van der Waals surface area (Å²) in [5.74, 6) is -1.80. The summed E-state index contributed by atoms with van der Waals surface area (Å²) in [6.45, 7) is 29.3. The molecule has 6 N–H and O–H groups in total. The summed E-state index contributed by atoms with van der Waals surface area (Å²) in [7, 11) is -5.38. The van der Waals surface area contributed by atoms with E-state index < -0.39 is 100 Å². The molecule has 0 saturated carbocycles. The average molecular weight is 922 g/mol. The number of aliphatic hydroxyl groups is 2. The molecule has 3 rings (SSSR count). The molecule has 2 aromatic rings. The first-order valence-electron chi connectivity index (χ1n) is 21.8. The van der Waals surface area contributed by atoms with Gasteiger partial charge in [-0.1, -0.05) is 85.7 Å². The van der Waals surface area contributed by atoms with Crippen molar-refractivity contribution in [3.63, 3.8) is 0 Å². The number of aromatic nitrogens is 2. The normalized spacial score (nSPS) is 20.7. The van der Waals surface area contributed by atoms with Crippen LogP contribution in [0.5, 0.6) is 0 Å². The number of carbonyl (C=O) groups is 3. The van der Waals surface area contributed by atoms with E-state index in [2.05, 4.69) is 75.6 Å². The largest absolute Gasteiger partial charge is 0.459 e. The molecule has 2 unspecified atom stereocenters. The lowest BCUT2D eigenvalue weighted by Gasteiger charge is -2.44. The molecular weight excluding hydrogens is 847 g/mol. The third-order valence-corrected chi connectivity index (χ3v) is 20.9. The number of nitrogens with zero attached hydrogens (tertiary/aromatic N) is 1. The Morgan fingerprint density at radius 1 is 0.841 bits per heavy atom. The first-order valence-corrected chi connectivity index (χ1v) is 27.6. The predicted octanol–water partition coefficient (Wildman–Crippen LogP) is 4.69. The standard InChI is InChI=1S/C44H75N5O12Si2/c1-27(2)32(51)30(48-41(56)57-26-28-20-17-16-18-21-28)37(53)46-24-19-23-45-31(39(54)59-42(3,4)5)33(52)34-35(60-62(12,13)43(6,7)8)36(61-63(14,15)44(9,10)11)38(58-34)49-25-22-29(50)47-40(49)55/h16-18,20-22,25,27,30-36,38,45,51-52H,19,23-24,26H2,1-15H3,(H,46,53)(H,48,56)(H,47,50,55)/t30-,31+,32?,33-,34?,35-,36-,38-/m1/s1. The van der Waals surface area contributed by atoms with Crippen LogP contribution in [0.1, 0.15) is 94.4 Å². The summed E-state index contributed by atoms with van der Waals surface area (Å²) >= 11 is 0. The molecule has 0 bridgehead atoms. The van der Waals surface area contributed by atoms with E-state index in [1.807, 2.05) is 19.2 Å². The number of amides is 2. The summed E-state index contributed by atoms with van der Waals surface area (Å²) in [5.41, 5.74) is -1.54. The van der Waals surface area contributed by atoms with Crippen molar-refractivity contribution in [1.29, 1.82) is 0 Å². The Labute approximate surface area is 374 Å². The number of rotatable bonds is 19. The van der Waals surface area contributed by atoms with E-state index in [1.165, 1.54) is 16.8 Å². The molecule has 1 saturated heterocycles. The summed E-state index contributed by atoms with van der Waals surface area (Å²) < 4.78 is 33.1. The minimum atomic E-state index is -2.71. The number of esters is 1. The molecule has 19 heteroatoms. The highest BCUT2D eigenvalue weighted by Gasteiger charge is 2.57. The second kappa shape index (κ2) is 21.5. The van der Waals surface area contributed by atoms with Gasteiger partial charge in [-0.3, -0.25) is 23.9 Å². The fourth-order valence-electron chi connectivity index (χ4n) is 6.23. The number of nitrogens with one attached hydrogen (secondary N) is 4. The van der Waals surface area contributed by atoms with Crippen LogP contribution in [0.15, 0.2) is 52.2 Å². The van der Waals surface area contributed by atoms with E-state index in [1.54, 1.807) is 58.9 Å². The molecule has 1 aliphatic rings. The monoisotopic (exact) mass is 921 g/mol. The first kappa shape index (κ1) is 53.6. The van der Waals surface area contributed by atoms with Crippen LogP contribution >= 0.6 is 0 Å². The number of hydrogen-bond donors (Lipinski definition) is 6. The van der Waals surface area contributed by atoms with Gasteiger partial charge in [-0.2, -0.15) is 0 Å². The Morgan fingerprint density at radius 3 is 1.94 bits per heavy atom. The lowest BCUT2D eigenvalue weighted by molar-refractivity contribution is -0.166. The Bertz CT molecular complexity index is 1940. The first-order chi connectivity index (χ1) is 28.9. The van der Waals surface area contributed by atoms with Crippen molar-refractivity contribution in [1.82, 2.24) is 25.5 Å². The predicted molar refractivity (Wildman–Crippen MR) is 245 cm³/mol. The van der Waals surface area contributed by atoms with Gasteiger partial charge in [0.1, 0.15) is 48.7 Å². The van der Waals surface area contributed by atoms with Gasteiger partial charge < -0.3 is 49.2 Å². The van der Waals surface area contributed by atoms with E-state index in [0.717, 1.165) is 5.56 Å². The SMILES string of the molecule is CC(C)C(O)[C@@H](NC(=O)OCc1ccccc1)C(=O)NCCCN[C@H](C(=O)OC(C)(C)C)[C@@H](O)C1O[C@@H](n2ccc(=O)[nH]c2=O)[C@H](O[Si](C)(C)C(C)(C)C)[C@@H]1O[Si](C)(C)C(C)(C)C. The number of benzene rings is 1. The second-order valence-corrected chi connectivity index (χ2v) is 30.2. The van der Waals surface area contributed by atoms with Gasteiger partial charge in [0.05, 0.1) is 6.10 Å². The molecule has 1 aromatic heterocycles. The van der Waals surface area contributed by atoms with Crippen molar-refractivity contribution in [2.24, 2.45) is 5.92 Å². The highest BCUT2D eigenvalue weighted by atomic mass is 28.4. The maximum atomic E-state index is 14.0. The number of hydrogen-bond acceptors (Lipinski definition) is 13. The number of H-pyrrole nitrogens is 1. The molecule has 1 fully saturated rings. The topological polar surface area (TPSA) is 229 Å². The summed E-state index contributed by atoms with van der Waals surface area (Å²) in [4.78, 5) is 68.0. The third-order valence-electron chi connectivity index (χ3n) is 12.0. The van der Waals surface area contributed by atoms with Crippen molar-refractivity contribution in [3.05, 3.63) is 69.0 Å². The van der Waals surface area contributed by atoms with Crippen molar-refractivity contribution >= 4 is 34.6 Å². The molecular formula is C44H75N5O12Si2. The molecule has 1 aromatic carbocycles. The minimum Gasteiger partial charge on any atom is -0.459 e. The quantitative estimate of drug-likeness (QED) is 0.0639. The van der Waals surface area contributed by atoms with E-state index in [-0.39, 0.29) is 42.1 Å². The maximum Gasteiger partial charge on any atom is 0.408 e. The Balaban J connectivity index is 1.93. The van der Waals surface area contributed by atoms with Gasteiger partial charge in [-0.15, -0.1) is 0 Å². The number of aliphatic hydroxyl groups excluding tert-OH is 2. The molecule has 1 aliphatic heterocycles.